The van der Waals surface area contributed by atoms with E-state index in [-0.39, 0.29) is 17.6 Å². The predicted molar refractivity (Wildman–Crippen MR) is 89.6 cm³/mol. The summed E-state index contributed by atoms with van der Waals surface area (Å²) in [6, 6.07) is 0. The van der Waals surface area contributed by atoms with E-state index < -0.39 is 5.79 Å². The van der Waals surface area contributed by atoms with Crippen LogP contribution >= 0.6 is 0 Å². The van der Waals surface area contributed by atoms with Gasteiger partial charge in [0.25, 0.3) is 0 Å². The van der Waals surface area contributed by atoms with Gasteiger partial charge in [0.05, 0.1) is 18.8 Å². The van der Waals surface area contributed by atoms with Gasteiger partial charge >= 0.3 is 0 Å². The Kier molecular flexibility index (Phi) is 5.62. The van der Waals surface area contributed by atoms with Crippen LogP contribution in [0.1, 0.15) is 73.6 Å². The summed E-state index contributed by atoms with van der Waals surface area (Å²) in [6.45, 7) is 13.9. The van der Waals surface area contributed by atoms with Gasteiger partial charge in [-0.25, -0.2) is 0 Å². The van der Waals surface area contributed by atoms with Gasteiger partial charge in [-0.15, -0.1) is 0 Å². The second-order valence-electron chi connectivity index (χ2n) is 9.04. The molecule has 0 bridgehead atoms. The Bertz CT molecular complexity index is 360. The highest BCUT2D eigenvalue weighted by molar-refractivity contribution is 4.92. The molecule has 130 valence electrons. The van der Waals surface area contributed by atoms with Crippen molar-refractivity contribution in [2.75, 3.05) is 6.61 Å². The number of ether oxygens (including phenoxy) is 2. The lowest BCUT2D eigenvalue weighted by atomic mass is 9.72. The van der Waals surface area contributed by atoms with Gasteiger partial charge in [-0.05, 0) is 30.1 Å². The van der Waals surface area contributed by atoms with Crippen LogP contribution in [0.15, 0.2) is 0 Å². The summed E-state index contributed by atoms with van der Waals surface area (Å²) < 4.78 is 12.8. The van der Waals surface area contributed by atoms with Gasteiger partial charge in [0.1, 0.15) is 0 Å². The first-order valence-electron chi connectivity index (χ1n) is 9.14. The van der Waals surface area contributed by atoms with E-state index in [9.17, 15) is 5.11 Å². The zero-order valence-corrected chi connectivity index (χ0v) is 15.4. The quantitative estimate of drug-likeness (QED) is 0.840. The van der Waals surface area contributed by atoms with Crippen molar-refractivity contribution >= 4 is 0 Å². The van der Waals surface area contributed by atoms with Crippen LogP contribution in [0.5, 0.6) is 0 Å². The number of hydrogen-bond donors (Lipinski definition) is 1. The molecule has 5 atom stereocenters. The van der Waals surface area contributed by atoms with Gasteiger partial charge < -0.3 is 14.6 Å². The lowest BCUT2D eigenvalue weighted by Gasteiger charge is -2.51. The fourth-order valence-corrected chi connectivity index (χ4v) is 4.07. The van der Waals surface area contributed by atoms with Crippen molar-refractivity contribution in [2.45, 2.75) is 91.6 Å². The summed E-state index contributed by atoms with van der Waals surface area (Å²) in [5.41, 5.74) is -0.0911. The van der Waals surface area contributed by atoms with Crippen LogP contribution < -0.4 is 0 Å². The summed E-state index contributed by atoms with van der Waals surface area (Å²) in [5, 5.41) is 10.4. The van der Waals surface area contributed by atoms with Gasteiger partial charge in [-0.1, -0.05) is 48.0 Å². The molecule has 1 aliphatic heterocycles. The number of hydrogen-bond acceptors (Lipinski definition) is 3. The average molecular weight is 312 g/mol. The molecule has 0 aromatic rings. The van der Waals surface area contributed by atoms with Crippen molar-refractivity contribution in [2.24, 2.45) is 23.2 Å². The van der Waals surface area contributed by atoms with Gasteiger partial charge in [0.2, 0.25) is 0 Å². The maximum Gasteiger partial charge on any atom is 0.171 e. The Morgan fingerprint density at radius 3 is 2.45 bits per heavy atom. The van der Waals surface area contributed by atoms with E-state index >= 15 is 0 Å². The molecule has 2 rings (SSSR count). The minimum Gasteiger partial charge on any atom is -0.392 e. The standard InChI is InChI=1S/C19H36O3/c1-13(2)16-8-7-14(3)12-19(16)21-10-9-15(22-19)11-17(20)18(4,5)6/h13-17,20H,7-12H2,1-6H3/t14-,15+,16+,17+,19+/m1/s1. The monoisotopic (exact) mass is 312 g/mol. The van der Waals surface area contributed by atoms with Gasteiger partial charge in [-0.2, -0.15) is 0 Å². The molecule has 0 aromatic carbocycles. The van der Waals surface area contributed by atoms with Crippen LogP contribution in [0.2, 0.25) is 0 Å². The zero-order chi connectivity index (χ0) is 16.5. The van der Waals surface area contributed by atoms with E-state index in [1.165, 1.54) is 12.8 Å². The third-order valence-electron chi connectivity index (χ3n) is 5.61. The SMILES string of the molecule is CC(C)[C@@H]1CC[C@@H](C)C[C@@]12OCC[C@@H](C[C@H](O)C(C)(C)C)O2. The van der Waals surface area contributed by atoms with Gasteiger partial charge in [0, 0.05) is 18.8 Å². The molecule has 1 aliphatic carbocycles. The Morgan fingerprint density at radius 1 is 1.18 bits per heavy atom. The molecule has 3 heteroatoms. The number of aliphatic hydroxyl groups excluding tert-OH is 1. The highest BCUT2D eigenvalue weighted by atomic mass is 16.7. The van der Waals surface area contributed by atoms with Crippen LogP contribution in [0, 0.1) is 23.2 Å². The van der Waals surface area contributed by atoms with E-state index in [4.69, 9.17) is 9.47 Å². The summed E-state index contributed by atoms with van der Waals surface area (Å²) in [5.74, 6) is 1.28. The molecule has 1 saturated carbocycles. The molecule has 3 nitrogen and oxygen atoms in total. The maximum atomic E-state index is 10.4. The molecule has 2 aliphatic rings. The summed E-state index contributed by atoms with van der Waals surface area (Å²) in [7, 11) is 0. The Morgan fingerprint density at radius 2 is 1.86 bits per heavy atom. The minimum absolute atomic E-state index is 0.0911. The van der Waals surface area contributed by atoms with Crippen LogP contribution in [-0.4, -0.2) is 29.7 Å². The smallest absolute Gasteiger partial charge is 0.171 e. The first-order chi connectivity index (χ1) is 10.1. The summed E-state index contributed by atoms with van der Waals surface area (Å²) in [6.07, 6.45) is 4.86. The lowest BCUT2D eigenvalue weighted by molar-refractivity contribution is -0.341. The topological polar surface area (TPSA) is 38.7 Å². The van der Waals surface area contributed by atoms with E-state index in [0.717, 1.165) is 19.4 Å². The van der Waals surface area contributed by atoms with Crippen LogP contribution in [0.3, 0.4) is 0 Å². The first kappa shape index (κ1) is 18.2. The van der Waals surface area contributed by atoms with Crippen molar-refractivity contribution in [1.29, 1.82) is 0 Å². The highest BCUT2D eigenvalue weighted by Gasteiger charge is 2.49. The summed E-state index contributed by atoms with van der Waals surface area (Å²) in [4.78, 5) is 0. The first-order valence-corrected chi connectivity index (χ1v) is 9.14. The lowest BCUT2D eigenvalue weighted by Crippen LogP contribution is -2.55. The van der Waals surface area contributed by atoms with Crippen LogP contribution in [0.4, 0.5) is 0 Å². The van der Waals surface area contributed by atoms with E-state index in [2.05, 4.69) is 41.5 Å². The maximum absolute atomic E-state index is 10.4. The average Bonchev–Trinajstić information content (AvgIpc) is 2.36. The fourth-order valence-electron chi connectivity index (χ4n) is 4.07. The third-order valence-corrected chi connectivity index (χ3v) is 5.61. The molecule has 0 amide bonds. The van der Waals surface area contributed by atoms with Crippen molar-refractivity contribution in [3.63, 3.8) is 0 Å². The van der Waals surface area contributed by atoms with E-state index in [1.54, 1.807) is 0 Å². The highest BCUT2D eigenvalue weighted by Crippen LogP contribution is 2.47. The Hall–Kier alpha value is -0.120. The Balaban J connectivity index is 2.09. The molecule has 1 N–H and O–H groups in total. The second-order valence-corrected chi connectivity index (χ2v) is 9.04. The molecule has 1 heterocycles. The molecule has 0 aromatic heterocycles. The molecule has 1 spiro atoms. The minimum atomic E-state index is -0.410. The molecule has 2 fully saturated rings. The summed E-state index contributed by atoms with van der Waals surface area (Å²) >= 11 is 0. The van der Waals surface area contributed by atoms with Gasteiger partial charge in [0.15, 0.2) is 5.79 Å². The van der Waals surface area contributed by atoms with Crippen LogP contribution in [0.25, 0.3) is 0 Å². The van der Waals surface area contributed by atoms with Gasteiger partial charge in [-0.3, -0.25) is 0 Å². The molecular formula is C19H36O3. The second kappa shape index (κ2) is 6.78. The molecule has 1 saturated heterocycles. The molecule has 0 radical (unpaired) electrons. The molecular weight excluding hydrogens is 276 g/mol. The van der Waals surface area contributed by atoms with Crippen molar-refractivity contribution < 1.29 is 14.6 Å². The third kappa shape index (κ3) is 4.04. The molecule has 22 heavy (non-hydrogen) atoms. The van der Waals surface area contributed by atoms with Crippen molar-refractivity contribution in [3.8, 4) is 0 Å². The van der Waals surface area contributed by atoms with Crippen molar-refractivity contribution in [1.82, 2.24) is 0 Å². The predicted octanol–water partition coefficient (Wildman–Crippen LogP) is 4.38. The Labute approximate surface area is 136 Å². The number of aliphatic hydroxyl groups is 1. The fraction of sp³-hybridized carbons (Fsp3) is 1.00. The van der Waals surface area contributed by atoms with E-state index in [0.29, 0.717) is 24.2 Å². The number of rotatable bonds is 3. The molecule has 0 unspecified atom stereocenters. The van der Waals surface area contributed by atoms with E-state index in [1.807, 2.05) is 0 Å². The zero-order valence-electron chi connectivity index (χ0n) is 15.4. The normalized spacial score (nSPS) is 38.5. The van der Waals surface area contributed by atoms with Crippen LogP contribution in [-0.2, 0) is 9.47 Å². The van der Waals surface area contributed by atoms with Crippen molar-refractivity contribution in [3.05, 3.63) is 0 Å². The largest absolute Gasteiger partial charge is 0.392 e.